The van der Waals surface area contributed by atoms with Crippen LogP contribution in [0.25, 0.3) is 0 Å². The van der Waals surface area contributed by atoms with Crippen LogP contribution in [0, 0.1) is 5.92 Å². The van der Waals surface area contributed by atoms with Crippen LogP contribution in [0.1, 0.15) is 26.2 Å². The Balaban J connectivity index is 1.75. The Kier molecular flexibility index (Phi) is 1.50. The highest BCUT2D eigenvalue weighted by molar-refractivity contribution is 5.03. The molecule has 2 saturated heterocycles. The Bertz CT molecular complexity index is 188. The number of hydrogen-bond donors (Lipinski definition) is 1. The van der Waals surface area contributed by atoms with Crippen LogP contribution in [0.2, 0.25) is 0 Å². The van der Waals surface area contributed by atoms with Crippen LogP contribution in [0.5, 0.6) is 0 Å². The van der Waals surface area contributed by atoms with Gasteiger partial charge in [-0.3, -0.25) is 4.90 Å². The molecule has 0 spiro atoms. The highest BCUT2D eigenvalue weighted by Crippen LogP contribution is 2.38. The third-order valence-electron chi connectivity index (χ3n) is 3.97. The third kappa shape index (κ3) is 0.944. The second kappa shape index (κ2) is 2.46. The maximum absolute atomic E-state index is 3.62. The summed E-state index contributed by atoms with van der Waals surface area (Å²) in [6.45, 7) is 5.02. The number of hydrogen-bond acceptors (Lipinski definition) is 2. The summed E-state index contributed by atoms with van der Waals surface area (Å²) >= 11 is 0. The fourth-order valence-electron chi connectivity index (χ4n) is 3.09. The van der Waals surface area contributed by atoms with E-state index < -0.39 is 0 Å². The molecule has 0 radical (unpaired) electrons. The van der Waals surface area contributed by atoms with Crippen LogP contribution in [0.15, 0.2) is 0 Å². The van der Waals surface area contributed by atoms with Crippen LogP contribution in [-0.2, 0) is 0 Å². The second-order valence-corrected chi connectivity index (χ2v) is 4.68. The molecule has 3 aliphatic rings. The minimum atomic E-state index is 0.834. The van der Waals surface area contributed by atoms with E-state index in [4.69, 9.17) is 0 Å². The SMILES string of the molecule is CC1C2CCNC2CN1C1CC1. The first kappa shape index (κ1) is 7.34. The summed E-state index contributed by atoms with van der Waals surface area (Å²) in [5, 5.41) is 3.62. The number of fused-ring (bicyclic) bond motifs is 1. The molecule has 3 rings (SSSR count). The van der Waals surface area contributed by atoms with Crippen molar-refractivity contribution in [2.75, 3.05) is 13.1 Å². The van der Waals surface area contributed by atoms with Gasteiger partial charge in [-0.25, -0.2) is 0 Å². The Morgan fingerprint density at radius 2 is 2.08 bits per heavy atom. The summed E-state index contributed by atoms with van der Waals surface area (Å²) in [5.74, 6) is 0.964. The fraction of sp³-hybridized carbons (Fsp3) is 1.00. The quantitative estimate of drug-likeness (QED) is 0.621. The summed E-state index contributed by atoms with van der Waals surface area (Å²) < 4.78 is 0. The van der Waals surface area contributed by atoms with E-state index in [1.807, 2.05) is 0 Å². The average Bonchev–Trinajstić information content (AvgIpc) is 2.71. The van der Waals surface area contributed by atoms with Gasteiger partial charge in [0.05, 0.1) is 0 Å². The van der Waals surface area contributed by atoms with Gasteiger partial charge in [0.15, 0.2) is 0 Å². The number of nitrogens with zero attached hydrogens (tertiary/aromatic N) is 1. The lowest BCUT2D eigenvalue weighted by atomic mass is 9.98. The lowest BCUT2D eigenvalue weighted by Crippen LogP contribution is -2.33. The number of rotatable bonds is 1. The molecule has 2 aliphatic heterocycles. The van der Waals surface area contributed by atoms with Gasteiger partial charge in [-0.05, 0) is 38.6 Å². The van der Waals surface area contributed by atoms with Crippen molar-refractivity contribution in [2.45, 2.75) is 44.3 Å². The van der Waals surface area contributed by atoms with Gasteiger partial charge in [-0.1, -0.05) is 0 Å². The van der Waals surface area contributed by atoms with Gasteiger partial charge in [0.1, 0.15) is 0 Å². The first-order chi connectivity index (χ1) is 5.86. The molecule has 2 heterocycles. The van der Waals surface area contributed by atoms with Gasteiger partial charge in [0, 0.05) is 24.7 Å². The van der Waals surface area contributed by atoms with Crippen molar-refractivity contribution in [3.05, 3.63) is 0 Å². The van der Waals surface area contributed by atoms with Crippen LogP contribution in [-0.4, -0.2) is 36.1 Å². The van der Waals surface area contributed by atoms with E-state index >= 15 is 0 Å². The topological polar surface area (TPSA) is 15.3 Å². The largest absolute Gasteiger partial charge is 0.312 e. The molecule has 0 amide bonds. The van der Waals surface area contributed by atoms with Crippen LogP contribution in [0.3, 0.4) is 0 Å². The van der Waals surface area contributed by atoms with Crippen LogP contribution in [0.4, 0.5) is 0 Å². The van der Waals surface area contributed by atoms with Gasteiger partial charge in [0.2, 0.25) is 0 Å². The molecule has 1 N–H and O–H groups in total. The Hall–Kier alpha value is -0.0800. The molecule has 12 heavy (non-hydrogen) atoms. The van der Waals surface area contributed by atoms with Crippen molar-refractivity contribution in [3.8, 4) is 0 Å². The molecule has 0 aromatic rings. The second-order valence-electron chi connectivity index (χ2n) is 4.68. The molecule has 1 saturated carbocycles. The monoisotopic (exact) mass is 166 g/mol. The lowest BCUT2D eigenvalue weighted by molar-refractivity contribution is 0.228. The average molecular weight is 166 g/mol. The van der Waals surface area contributed by atoms with E-state index in [1.54, 1.807) is 0 Å². The van der Waals surface area contributed by atoms with Gasteiger partial charge in [0.25, 0.3) is 0 Å². The molecule has 3 unspecified atom stereocenters. The van der Waals surface area contributed by atoms with Gasteiger partial charge in [-0.15, -0.1) is 0 Å². The molecule has 68 valence electrons. The fourth-order valence-corrected chi connectivity index (χ4v) is 3.09. The number of nitrogens with one attached hydrogen (secondary N) is 1. The van der Waals surface area contributed by atoms with E-state index in [0.29, 0.717) is 0 Å². The lowest BCUT2D eigenvalue weighted by Gasteiger charge is -2.23. The minimum Gasteiger partial charge on any atom is -0.312 e. The molecule has 0 aromatic carbocycles. The molecule has 2 nitrogen and oxygen atoms in total. The smallest absolute Gasteiger partial charge is 0.0238 e. The standard InChI is InChI=1S/C10H18N2/c1-7-9-4-5-11-10(9)6-12(7)8-2-3-8/h7-11H,2-6H2,1H3. The summed E-state index contributed by atoms with van der Waals surface area (Å²) in [7, 11) is 0. The van der Waals surface area contributed by atoms with E-state index in [0.717, 1.165) is 24.0 Å². The predicted molar refractivity (Wildman–Crippen MR) is 49.1 cm³/mol. The Morgan fingerprint density at radius 1 is 1.25 bits per heavy atom. The van der Waals surface area contributed by atoms with Gasteiger partial charge >= 0.3 is 0 Å². The van der Waals surface area contributed by atoms with Crippen molar-refractivity contribution in [3.63, 3.8) is 0 Å². The first-order valence-corrected chi connectivity index (χ1v) is 5.35. The molecular weight excluding hydrogens is 148 g/mol. The zero-order valence-electron chi connectivity index (χ0n) is 7.79. The van der Waals surface area contributed by atoms with E-state index in [-0.39, 0.29) is 0 Å². The van der Waals surface area contributed by atoms with Gasteiger partial charge < -0.3 is 5.32 Å². The molecule has 0 bridgehead atoms. The van der Waals surface area contributed by atoms with Crippen molar-refractivity contribution < 1.29 is 0 Å². The first-order valence-electron chi connectivity index (χ1n) is 5.35. The molecule has 3 fully saturated rings. The zero-order chi connectivity index (χ0) is 8.13. The highest BCUT2D eigenvalue weighted by Gasteiger charge is 2.46. The molecule has 3 atom stereocenters. The normalized spacial score (nSPS) is 48.2. The summed E-state index contributed by atoms with van der Waals surface area (Å²) in [5.41, 5.74) is 0. The molecule has 2 heteroatoms. The predicted octanol–water partition coefficient (Wildman–Crippen LogP) is 0.831. The highest BCUT2D eigenvalue weighted by atomic mass is 15.3. The van der Waals surface area contributed by atoms with Gasteiger partial charge in [-0.2, -0.15) is 0 Å². The Labute approximate surface area is 74.3 Å². The van der Waals surface area contributed by atoms with E-state index in [2.05, 4.69) is 17.1 Å². The van der Waals surface area contributed by atoms with Crippen molar-refractivity contribution in [1.82, 2.24) is 10.2 Å². The molecule has 0 aromatic heterocycles. The number of likely N-dealkylation sites (tertiary alicyclic amines) is 1. The van der Waals surface area contributed by atoms with E-state index in [9.17, 15) is 0 Å². The maximum atomic E-state index is 3.62. The molecular formula is C10H18N2. The zero-order valence-corrected chi connectivity index (χ0v) is 7.79. The van der Waals surface area contributed by atoms with Crippen molar-refractivity contribution >= 4 is 0 Å². The van der Waals surface area contributed by atoms with Crippen LogP contribution < -0.4 is 5.32 Å². The van der Waals surface area contributed by atoms with Crippen LogP contribution >= 0.6 is 0 Å². The summed E-state index contributed by atoms with van der Waals surface area (Å²) in [6.07, 6.45) is 4.34. The van der Waals surface area contributed by atoms with Crippen molar-refractivity contribution in [2.24, 2.45) is 5.92 Å². The summed E-state index contributed by atoms with van der Waals surface area (Å²) in [4.78, 5) is 2.74. The third-order valence-corrected chi connectivity index (χ3v) is 3.97. The van der Waals surface area contributed by atoms with Crippen molar-refractivity contribution in [1.29, 1.82) is 0 Å². The Morgan fingerprint density at radius 3 is 2.75 bits per heavy atom. The molecule has 1 aliphatic carbocycles. The maximum Gasteiger partial charge on any atom is 0.0238 e. The van der Waals surface area contributed by atoms with E-state index in [1.165, 1.54) is 32.4 Å². The minimum absolute atomic E-state index is 0.834. The summed E-state index contributed by atoms with van der Waals surface area (Å²) in [6, 6.07) is 2.66.